The van der Waals surface area contributed by atoms with Crippen LogP contribution in [0.3, 0.4) is 0 Å². The Morgan fingerprint density at radius 2 is 2.32 bits per heavy atom. The van der Waals surface area contributed by atoms with E-state index in [0.717, 1.165) is 4.31 Å². The molecule has 1 aromatic heterocycles. The molecular weight excluding hydrogens is 334 g/mol. The first-order valence-corrected chi connectivity index (χ1v) is 6.82. The van der Waals surface area contributed by atoms with Gasteiger partial charge in [0, 0.05) is 30.4 Å². The van der Waals surface area contributed by atoms with E-state index in [4.69, 9.17) is 5.11 Å². The maximum absolute atomic E-state index is 11.9. The van der Waals surface area contributed by atoms with Crippen LogP contribution >= 0.6 is 28.7 Å². The zero-order valence-corrected chi connectivity index (χ0v) is 13.1. The molecule has 1 atom stereocenters. The van der Waals surface area contributed by atoms with E-state index in [1.54, 1.807) is 20.2 Å². The molecule has 1 unspecified atom stereocenters. The number of hydrogen-bond donors (Lipinski definition) is 3. The monoisotopic (exact) mass is 349 g/mol. The first kappa shape index (κ1) is 16.1. The van der Waals surface area contributed by atoms with Gasteiger partial charge in [-0.3, -0.25) is 4.79 Å². The minimum Gasteiger partial charge on any atom is -0.396 e. The minimum absolute atomic E-state index is 0.0212. The van der Waals surface area contributed by atoms with Crippen molar-refractivity contribution in [2.75, 3.05) is 10.9 Å². The highest BCUT2D eigenvalue weighted by Gasteiger charge is 2.18. The van der Waals surface area contributed by atoms with Crippen LogP contribution in [-0.2, 0) is 7.05 Å². The lowest BCUT2D eigenvalue weighted by molar-refractivity contribution is 0.239. The molecule has 2 N–H and O–H groups in total. The van der Waals surface area contributed by atoms with E-state index in [-0.39, 0.29) is 23.9 Å². The predicted octanol–water partition coefficient (Wildman–Crippen LogP) is 1.28. The van der Waals surface area contributed by atoms with Gasteiger partial charge in [0.2, 0.25) is 0 Å². The number of urea groups is 1. The van der Waals surface area contributed by atoms with E-state index in [1.165, 1.54) is 10.6 Å². The minimum atomic E-state index is -0.514. The molecule has 0 aliphatic carbocycles. The van der Waals surface area contributed by atoms with Crippen molar-refractivity contribution in [3.63, 3.8) is 0 Å². The summed E-state index contributed by atoms with van der Waals surface area (Å²) >= 11 is 7.30. The Bertz CT molecular complexity index is 520. The van der Waals surface area contributed by atoms with Crippen LogP contribution in [0.15, 0.2) is 21.5 Å². The van der Waals surface area contributed by atoms with Gasteiger partial charge < -0.3 is 15.0 Å². The Morgan fingerprint density at radius 3 is 2.89 bits per heavy atom. The molecule has 1 heterocycles. The second kappa shape index (κ2) is 6.97. The summed E-state index contributed by atoms with van der Waals surface area (Å²) in [6.45, 7) is 1.74. The van der Waals surface area contributed by atoms with E-state index in [9.17, 15) is 9.59 Å². The largest absolute Gasteiger partial charge is 0.396 e. The lowest BCUT2D eigenvalue weighted by Gasteiger charge is -2.19. The number of carbonyl (C=O) groups excluding carboxylic acids is 1. The maximum atomic E-state index is 11.9. The van der Waals surface area contributed by atoms with Gasteiger partial charge in [-0.25, -0.2) is 9.10 Å². The van der Waals surface area contributed by atoms with Crippen molar-refractivity contribution in [1.82, 2.24) is 9.88 Å². The molecule has 1 rings (SSSR count). The lowest BCUT2D eigenvalue weighted by atomic mass is 10.2. The molecule has 19 heavy (non-hydrogen) atoms. The summed E-state index contributed by atoms with van der Waals surface area (Å²) in [5, 5.41) is 11.4. The van der Waals surface area contributed by atoms with Crippen molar-refractivity contribution in [2.45, 2.75) is 19.4 Å². The fraction of sp³-hybridized carbons (Fsp3) is 0.455. The fourth-order valence-electron chi connectivity index (χ4n) is 1.45. The molecule has 2 amide bonds. The number of aromatic nitrogens is 1. The van der Waals surface area contributed by atoms with Crippen molar-refractivity contribution in [1.29, 1.82) is 0 Å². The van der Waals surface area contributed by atoms with Gasteiger partial charge >= 0.3 is 6.03 Å². The highest BCUT2D eigenvalue weighted by Crippen LogP contribution is 2.17. The third-order valence-corrected chi connectivity index (χ3v) is 3.31. The number of aliphatic hydroxyl groups excluding tert-OH is 1. The molecule has 8 heteroatoms. The summed E-state index contributed by atoms with van der Waals surface area (Å²) in [6, 6.07) is 0.800. The van der Waals surface area contributed by atoms with E-state index < -0.39 is 6.03 Å². The number of nitrogens with one attached hydrogen (secondary N) is 1. The molecule has 0 aromatic carbocycles. The molecule has 6 nitrogen and oxygen atoms in total. The zero-order chi connectivity index (χ0) is 14.6. The number of pyridine rings is 1. The Labute approximate surface area is 125 Å². The molecule has 1 aromatic rings. The number of hydrogen-bond acceptors (Lipinski definition) is 4. The molecule has 0 bridgehead atoms. The van der Waals surface area contributed by atoms with Gasteiger partial charge in [0.05, 0.1) is 0 Å². The fourth-order valence-corrected chi connectivity index (χ4v) is 2.18. The average Bonchev–Trinajstić information content (AvgIpc) is 2.33. The number of halogens is 1. The van der Waals surface area contributed by atoms with E-state index in [2.05, 4.69) is 34.1 Å². The number of aryl methyl sites for hydroxylation is 1. The molecule has 0 saturated heterocycles. The number of rotatable bonds is 4. The topological polar surface area (TPSA) is 74.6 Å². The van der Waals surface area contributed by atoms with Crippen molar-refractivity contribution >= 4 is 40.5 Å². The molecule has 106 valence electrons. The van der Waals surface area contributed by atoms with Gasteiger partial charge in [-0.2, -0.15) is 0 Å². The van der Waals surface area contributed by atoms with Crippen molar-refractivity contribution in [3.05, 3.63) is 27.1 Å². The lowest BCUT2D eigenvalue weighted by Crippen LogP contribution is -2.42. The van der Waals surface area contributed by atoms with Gasteiger partial charge in [-0.15, -0.1) is 0 Å². The maximum Gasteiger partial charge on any atom is 0.332 e. The summed E-state index contributed by atoms with van der Waals surface area (Å²) in [5.41, 5.74) is -0.183. The molecule has 0 saturated carbocycles. The van der Waals surface area contributed by atoms with Crippen LogP contribution in [0.25, 0.3) is 0 Å². The Kier molecular flexibility index (Phi) is 5.89. The number of aliphatic hydroxyl groups is 1. The molecular formula is C11H16BrN3O3S. The van der Waals surface area contributed by atoms with Crippen LogP contribution in [0, 0.1) is 0 Å². The van der Waals surface area contributed by atoms with Crippen molar-refractivity contribution in [3.8, 4) is 0 Å². The SMILES string of the molecule is CC(CCO)NC(=O)N(S)c1cc(Br)cn(C)c1=O. The van der Waals surface area contributed by atoms with Gasteiger partial charge in [0.15, 0.2) is 0 Å². The molecule has 0 fully saturated rings. The summed E-state index contributed by atoms with van der Waals surface area (Å²) in [7, 11) is 1.59. The third-order valence-electron chi connectivity index (χ3n) is 2.48. The van der Waals surface area contributed by atoms with E-state index in [0.29, 0.717) is 10.9 Å². The number of carbonyl (C=O) groups is 1. The molecule has 0 spiro atoms. The van der Waals surface area contributed by atoms with Gasteiger partial charge in [-0.1, -0.05) is 12.8 Å². The summed E-state index contributed by atoms with van der Waals surface area (Å²) < 4.78 is 2.98. The number of amides is 2. The predicted molar refractivity (Wildman–Crippen MR) is 80.5 cm³/mol. The van der Waals surface area contributed by atoms with Crippen LogP contribution < -0.4 is 15.2 Å². The highest BCUT2D eigenvalue weighted by atomic mass is 79.9. The normalized spacial score (nSPS) is 12.1. The van der Waals surface area contributed by atoms with E-state index >= 15 is 0 Å². The Balaban J connectivity index is 2.91. The number of anilines is 1. The number of nitrogens with zero attached hydrogens (tertiary/aromatic N) is 2. The standard InChI is InChI=1S/C11H16BrN3O3S/c1-7(3-4-16)13-11(18)15(19)9-5-8(12)6-14(2)10(9)17/h5-7,16,19H,3-4H2,1-2H3,(H,13,18). The second-order valence-electron chi connectivity index (χ2n) is 4.13. The Hall–Kier alpha value is -0.990. The van der Waals surface area contributed by atoms with Crippen molar-refractivity contribution in [2.24, 2.45) is 7.05 Å². The summed E-state index contributed by atoms with van der Waals surface area (Å²) in [5.74, 6) is 0. The van der Waals surface area contributed by atoms with Crippen LogP contribution in [0.5, 0.6) is 0 Å². The second-order valence-corrected chi connectivity index (χ2v) is 5.45. The average molecular weight is 350 g/mol. The molecule has 0 aliphatic rings. The van der Waals surface area contributed by atoms with Crippen molar-refractivity contribution < 1.29 is 9.90 Å². The van der Waals surface area contributed by atoms with Crippen LogP contribution in [0.4, 0.5) is 10.5 Å². The third kappa shape index (κ3) is 4.26. The quantitative estimate of drug-likeness (QED) is 0.717. The van der Waals surface area contributed by atoms with Gasteiger partial charge in [0.25, 0.3) is 5.56 Å². The van der Waals surface area contributed by atoms with Crippen LogP contribution in [0.2, 0.25) is 0 Å². The van der Waals surface area contributed by atoms with Gasteiger partial charge in [0.1, 0.15) is 5.69 Å². The number of thiol groups is 1. The highest BCUT2D eigenvalue weighted by molar-refractivity contribution is 9.10. The van der Waals surface area contributed by atoms with Gasteiger partial charge in [-0.05, 0) is 35.3 Å². The summed E-state index contributed by atoms with van der Waals surface area (Å²) in [4.78, 5) is 23.8. The Morgan fingerprint density at radius 1 is 1.68 bits per heavy atom. The molecule has 0 radical (unpaired) electrons. The van der Waals surface area contributed by atoms with E-state index in [1.807, 2.05) is 0 Å². The molecule has 0 aliphatic heterocycles. The summed E-state index contributed by atoms with van der Waals surface area (Å²) in [6.07, 6.45) is 2.03. The first-order chi connectivity index (χ1) is 8.86. The van der Waals surface area contributed by atoms with Crippen LogP contribution in [-0.4, -0.2) is 28.4 Å². The smallest absolute Gasteiger partial charge is 0.332 e. The first-order valence-electron chi connectivity index (χ1n) is 5.63. The van der Waals surface area contributed by atoms with Crippen LogP contribution in [0.1, 0.15) is 13.3 Å². The zero-order valence-electron chi connectivity index (χ0n) is 10.6.